The lowest BCUT2D eigenvalue weighted by Crippen LogP contribution is -2.06. The second kappa shape index (κ2) is 6.49. The second-order valence-electron chi connectivity index (χ2n) is 5.62. The van der Waals surface area contributed by atoms with E-state index in [1.54, 1.807) is 6.08 Å². The molecule has 6 nitrogen and oxygen atoms in total. The van der Waals surface area contributed by atoms with Gasteiger partial charge in [0.25, 0.3) is 5.69 Å². The van der Waals surface area contributed by atoms with Gasteiger partial charge in [-0.3, -0.25) is 10.1 Å². The molecule has 25 heavy (non-hydrogen) atoms. The van der Waals surface area contributed by atoms with Gasteiger partial charge in [0.15, 0.2) is 5.70 Å². The van der Waals surface area contributed by atoms with Crippen LogP contribution in [-0.4, -0.2) is 16.8 Å². The molecule has 0 aliphatic carbocycles. The zero-order chi connectivity index (χ0) is 18.1. The molecular formula is C18H13ClN2O4. The minimum atomic E-state index is -0.626. The van der Waals surface area contributed by atoms with E-state index in [1.807, 2.05) is 32.0 Å². The van der Waals surface area contributed by atoms with Gasteiger partial charge in [-0.05, 0) is 37.1 Å². The molecule has 0 radical (unpaired) electrons. The zero-order valence-electron chi connectivity index (χ0n) is 13.4. The number of nitro benzene ring substituents is 1. The normalized spacial score (nSPS) is 15.2. The lowest BCUT2D eigenvalue weighted by molar-refractivity contribution is -0.384. The van der Waals surface area contributed by atoms with Crippen molar-refractivity contribution in [3.63, 3.8) is 0 Å². The zero-order valence-corrected chi connectivity index (χ0v) is 14.2. The van der Waals surface area contributed by atoms with Crippen LogP contribution in [0.5, 0.6) is 0 Å². The highest BCUT2D eigenvalue weighted by atomic mass is 35.5. The lowest BCUT2D eigenvalue weighted by Gasteiger charge is -2.02. The minimum absolute atomic E-state index is 0.0461. The van der Waals surface area contributed by atoms with Crippen molar-refractivity contribution < 1.29 is 14.5 Å². The third-order valence-corrected chi connectivity index (χ3v) is 4.07. The number of hydrogen-bond acceptors (Lipinski definition) is 5. The van der Waals surface area contributed by atoms with Crippen LogP contribution in [0.3, 0.4) is 0 Å². The number of nitrogens with zero attached hydrogens (tertiary/aromatic N) is 2. The van der Waals surface area contributed by atoms with Gasteiger partial charge in [0.1, 0.15) is 0 Å². The number of cyclic esters (lactones) is 1. The maximum Gasteiger partial charge on any atom is 0.363 e. The molecule has 1 aliphatic heterocycles. The fourth-order valence-electron chi connectivity index (χ4n) is 2.38. The summed E-state index contributed by atoms with van der Waals surface area (Å²) >= 11 is 6.07. The predicted molar refractivity (Wildman–Crippen MR) is 94.6 cm³/mol. The average Bonchev–Trinajstić information content (AvgIpc) is 2.92. The Hall–Kier alpha value is -2.99. The van der Waals surface area contributed by atoms with Crippen LogP contribution in [0.4, 0.5) is 5.69 Å². The average molecular weight is 357 g/mol. The van der Waals surface area contributed by atoms with Crippen molar-refractivity contribution in [2.24, 2.45) is 4.99 Å². The fourth-order valence-corrected chi connectivity index (χ4v) is 2.58. The molecule has 2 aromatic carbocycles. The predicted octanol–water partition coefficient (Wildman–Crippen LogP) is 4.21. The van der Waals surface area contributed by atoms with E-state index in [4.69, 9.17) is 16.3 Å². The van der Waals surface area contributed by atoms with E-state index in [-0.39, 0.29) is 27.9 Å². The summed E-state index contributed by atoms with van der Waals surface area (Å²) in [5.74, 6) is -0.672. The minimum Gasteiger partial charge on any atom is -0.402 e. The maximum atomic E-state index is 12.1. The van der Waals surface area contributed by atoms with Crippen molar-refractivity contribution in [2.45, 2.75) is 13.8 Å². The first kappa shape index (κ1) is 16.9. The number of non-ortho nitro benzene ring substituents is 1. The van der Waals surface area contributed by atoms with Gasteiger partial charge in [0, 0.05) is 12.1 Å². The van der Waals surface area contributed by atoms with Gasteiger partial charge in [0.05, 0.1) is 15.5 Å². The summed E-state index contributed by atoms with van der Waals surface area (Å²) in [6.07, 6.45) is 1.63. The van der Waals surface area contributed by atoms with Gasteiger partial charge in [-0.1, -0.05) is 35.4 Å². The Morgan fingerprint density at radius 1 is 1.20 bits per heavy atom. The molecule has 0 spiro atoms. The number of nitro groups is 1. The standard InChI is InChI=1S/C18H13ClN2O4/c1-10-3-4-11(2)12(7-10)8-16-18(22)25-17(20-16)14-9-13(21(23)24)5-6-15(14)19/h3-9H,1-2H3. The molecule has 126 valence electrons. The number of carbonyl (C=O) groups excluding carboxylic acids is 1. The highest BCUT2D eigenvalue weighted by Gasteiger charge is 2.27. The second-order valence-corrected chi connectivity index (χ2v) is 6.02. The topological polar surface area (TPSA) is 81.8 Å². The van der Waals surface area contributed by atoms with Gasteiger partial charge in [-0.2, -0.15) is 0 Å². The summed E-state index contributed by atoms with van der Waals surface area (Å²) in [7, 11) is 0. The molecule has 3 rings (SSSR count). The first-order valence-corrected chi connectivity index (χ1v) is 7.77. The molecule has 0 aromatic heterocycles. The first-order chi connectivity index (χ1) is 11.8. The summed E-state index contributed by atoms with van der Waals surface area (Å²) < 4.78 is 5.15. The summed E-state index contributed by atoms with van der Waals surface area (Å²) in [6, 6.07) is 9.73. The summed E-state index contributed by atoms with van der Waals surface area (Å²) in [5.41, 5.74) is 3.05. The molecule has 0 N–H and O–H groups in total. The highest BCUT2D eigenvalue weighted by Crippen LogP contribution is 2.27. The third-order valence-electron chi connectivity index (χ3n) is 3.74. The Morgan fingerprint density at radius 2 is 1.96 bits per heavy atom. The van der Waals surface area contributed by atoms with Crippen molar-refractivity contribution >= 4 is 35.2 Å². The Balaban J connectivity index is 2.04. The van der Waals surface area contributed by atoms with E-state index in [0.717, 1.165) is 16.7 Å². The Kier molecular flexibility index (Phi) is 4.37. The number of hydrogen-bond donors (Lipinski definition) is 0. The van der Waals surface area contributed by atoms with Crippen LogP contribution in [0, 0.1) is 24.0 Å². The molecule has 0 saturated heterocycles. The van der Waals surface area contributed by atoms with E-state index >= 15 is 0 Å². The van der Waals surface area contributed by atoms with Crippen molar-refractivity contribution in [2.75, 3.05) is 0 Å². The van der Waals surface area contributed by atoms with E-state index in [9.17, 15) is 14.9 Å². The Bertz CT molecular complexity index is 964. The molecule has 0 atom stereocenters. The van der Waals surface area contributed by atoms with Crippen LogP contribution in [0.1, 0.15) is 22.3 Å². The van der Waals surface area contributed by atoms with Gasteiger partial charge >= 0.3 is 5.97 Å². The molecule has 1 heterocycles. The molecule has 2 aromatic rings. The molecule has 7 heteroatoms. The van der Waals surface area contributed by atoms with E-state index in [1.165, 1.54) is 18.2 Å². The third kappa shape index (κ3) is 3.44. The number of rotatable bonds is 3. The van der Waals surface area contributed by atoms with Gasteiger partial charge in [-0.25, -0.2) is 9.79 Å². The van der Waals surface area contributed by atoms with Crippen LogP contribution >= 0.6 is 11.6 Å². The van der Waals surface area contributed by atoms with Crippen LogP contribution in [0.15, 0.2) is 47.1 Å². The van der Waals surface area contributed by atoms with Crippen molar-refractivity contribution in [3.05, 3.63) is 79.5 Å². The van der Waals surface area contributed by atoms with Gasteiger partial charge in [-0.15, -0.1) is 0 Å². The van der Waals surface area contributed by atoms with E-state index in [2.05, 4.69) is 4.99 Å². The van der Waals surface area contributed by atoms with Gasteiger partial charge < -0.3 is 4.74 Å². The fraction of sp³-hybridized carbons (Fsp3) is 0.111. The molecule has 0 amide bonds. The number of halogens is 1. The number of benzene rings is 2. The highest BCUT2D eigenvalue weighted by molar-refractivity contribution is 6.34. The summed E-state index contributed by atoms with van der Waals surface area (Å²) in [6.45, 7) is 3.88. The smallest absolute Gasteiger partial charge is 0.363 e. The number of carbonyl (C=O) groups is 1. The number of aliphatic imine (C=N–C) groups is 1. The first-order valence-electron chi connectivity index (χ1n) is 7.39. The number of esters is 1. The van der Waals surface area contributed by atoms with E-state index in [0.29, 0.717) is 0 Å². The largest absolute Gasteiger partial charge is 0.402 e. The van der Waals surface area contributed by atoms with Crippen LogP contribution in [0.25, 0.3) is 6.08 Å². The monoisotopic (exact) mass is 356 g/mol. The van der Waals surface area contributed by atoms with E-state index < -0.39 is 10.9 Å². The molecule has 1 aliphatic rings. The summed E-state index contributed by atoms with van der Waals surface area (Å²) in [5, 5.41) is 11.1. The summed E-state index contributed by atoms with van der Waals surface area (Å²) in [4.78, 5) is 26.6. The molecular weight excluding hydrogens is 344 g/mol. The molecule has 0 unspecified atom stereocenters. The quantitative estimate of drug-likeness (QED) is 0.357. The van der Waals surface area contributed by atoms with Crippen molar-refractivity contribution in [1.82, 2.24) is 0 Å². The Labute approximate surface area is 148 Å². The van der Waals surface area contributed by atoms with Crippen LogP contribution < -0.4 is 0 Å². The van der Waals surface area contributed by atoms with Crippen molar-refractivity contribution in [3.8, 4) is 0 Å². The molecule has 0 saturated carbocycles. The molecule has 0 bridgehead atoms. The maximum absolute atomic E-state index is 12.1. The lowest BCUT2D eigenvalue weighted by atomic mass is 10.0. The van der Waals surface area contributed by atoms with Crippen molar-refractivity contribution in [1.29, 1.82) is 0 Å². The number of ether oxygens (including phenoxy) is 1. The Morgan fingerprint density at radius 3 is 2.68 bits per heavy atom. The van der Waals surface area contributed by atoms with Crippen LogP contribution in [-0.2, 0) is 9.53 Å². The SMILES string of the molecule is Cc1ccc(C)c(C=C2N=C(c3cc([N+](=O)[O-])ccc3Cl)OC2=O)c1. The van der Waals surface area contributed by atoms with Gasteiger partial charge in [0.2, 0.25) is 5.90 Å². The molecule has 0 fully saturated rings. The number of aryl methyl sites for hydroxylation is 2. The van der Waals surface area contributed by atoms with Crippen LogP contribution in [0.2, 0.25) is 5.02 Å².